The van der Waals surface area contributed by atoms with Gasteiger partial charge in [0.15, 0.2) is 0 Å². The Bertz CT molecular complexity index is 1080. The van der Waals surface area contributed by atoms with Gasteiger partial charge in [-0.15, -0.1) is 11.3 Å². The summed E-state index contributed by atoms with van der Waals surface area (Å²) in [5.74, 6) is 1.05. The molecule has 3 N–H and O–H groups in total. The number of hydrogen-bond donors (Lipinski definition) is 3. The molecule has 0 radical (unpaired) electrons. The average molecular weight is 442 g/mol. The molecule has 2 aliphatic heterocycles. The van der Waals surface area contributed by atoms with Gasteiger partial charge in [-0.1, -0.05) is 48.5 Å². The molecule has 6 heteroatoms. The molecule has 162 valence electrons. The zero-order chi connectivity index (χ0) is 21.3. The van der Waals surface area contributed by atoms with E-state index in [9.17, 15) is 0 Å². The highest BCUT2D eigenvalue weighted by Gasteiger charge is 2.20. The van der Waals surface area contributed by atoms with E-state index < -0.39 is 0 Å². The predicted molar refractivity (Wildman–Crippen MR) is 131 cm³/mol. The Morgan fingerprint density at radius 2 is 1.31 bits per heavy atom. The summed E-state index contributed by atoms with van der Waals surface area (Å²) >= 11 is 1.81. The smallest absolute Gasteiger partial charge is 0.123 e. The SMILES string of the molecule is c1cc(-c2cnc(C3CCCN3)[nH]2)ccc1-c1ccc(-c2cnc(C3CCCN3)s2)cc1. The van der Waals surface area contributed by atoms with Crippen molar-refractivity contribution >= 4 is 11.3 Å². The summed E-state index contributed by atoms with van der Waals surface area (Å²) < 4.78 is 0. The molecule has 2 unspecified atom stereocenters. The molecule has 0 amide bonds. The Kier molecular flexibility index (Phi) is 5.35. The number of aromatic nitrogens is 3. The molecule has 2 fully saturated rings. The first-order valence-corrected chi connectivity index (χ1v) is 12.3. The Morgan fingerprint density at radius 1 is 0.688 bits per heavy atom. The van der Waals surface area contributed by atoms with Crippen molar-refractivity contribution in [1.29, 1.82) is 0 Å². The minimum Gasteiger partial charge on any atom is -0.341 e. The van der Waals surface area contributed by atoms with Crippen molar-refractivity contribution in [2.45, 2.75) is 37.8 Å². The second-order valence-corrected chi connectivity index (χ2v) is 9.76. The molecule has 4 heterocycles. The van der Waals surface area contributed by atoms with Crippen LogP contribution in [-0.2, 0) is 0 Å². The first kappa shape index (κ1) is 19.9. The van der Waals surface area contributed by atoms with Gasteiger partial charge in [-0.2, -0.15) is 0 Å². The van der Waals surface area contributed by atoms with Gasteiger partial charge in [0.2, 0.25) is 0 Å². The molecular weight excluding hydrogens is 414 g/mol. The Hall–Kier alpha value is -2.80. The summed E-state index contributed by atoms with van der Waals surface area (Å²) in [5, 5.41) is 8.25. The van der Waals surface area contributed by atoms with E-state index in [-0.39, 0.29) is 0 Å². The van der Waals surface area contributed by atoms with Crippen LogP contribution in [-0.4, -0.2) is 28.0 Å². The minimum atomic E-state index is 0.366. The molecular formula is C26H27N5S. The van der Waals surface area contributed by atoms with E-state index in [0.717, 1.165) is 31.0 Å². The first-order chi connectivity index (χ1) is 15.8. The van der Waals surface area contributed by atoms with Gasteiger partial charge in [-0.05, 0) is 61.0 Å². The van der Waals surface area contributed by atoms with Gasteiger partial charge in [0, 0.05) is 6.20 Å². The van der Waals surface area contributed by atoms with Crippen molar-refractivity contribution in [3.63, 3.8) is 0 Å². The number of imidazole rings is 1. The third-order valence-corrected chi connectivity index (χ3v) is 7.73. The van der Waals surface area contributed by atoms with Crippen LogP contribution >= 0.6 is 11.3 Å². The van der Waals surface area contributed by atoms with Gasteiger partial charge in [0.05, 0.1) is 28.9 Å². The largest absolute Gasteiger partial charge is 0.341 e. The average Bonchev–Trinajstić information content (AvgIpc) is 3.66. The highest BCUT2D eigenvalue weighted by molar-refractivity contribution is 7.15. The van der Waals surface area contributed by atoms with Crippen LogP contribution in [0.2, 0.25) is 0 Å². The predicted octanol–water partition coefficient (Wildman–Crippen LogP) is 5.72. The third-order valence-electron chi connectivity index (χ3n) is 6.57. The molecule has 6 rings (SSSR count). The molecule has 2 saturated heterocycles. The van der Waals surface area contributed by atoms with E-state index in [1.165, 1.54) is 51.4 Å². The van der Waals surface area contributed by atoms with E-state index in [0.29, 0.717) is 12.1 Å². The van der Waals surface area contributed by atoms with E-state index in [1.54, 1.807) is 0 Å². The molecule has 2 aliphatic rings. The van der Waals surface area contributed by atoms with Gasteiger partial charge in [0.1, 0.15) is 10.8 Å². The molecule has 0 saturated carbocycles. The number of nitrogens with zero attached hydrogens (tertiary/aromatic N) is 2. The Morgan fingerprint density at radius 3 is 1.97 bits per heavy atom. The van der Waals surface area contributed by atoms with Crippen LogP contribution in [0.4, 0.5) is 0 Å². The summed E-state index contributed by atoms with van der Waals surface area (Å²) in [6.07, 6.45) is 8.77. The summed E-state index contributed by atoms with van der Waals surface area (Å²) in [6.45, 7) is 2.18. The maximum absolute atomic E-state index is 4.66. The fourth-order valence-corrected chi connectivity index (χ4v) is 5.76. The van der Waals surface area contributed by atoms with Gasteiger partial charge in [-0.25, -0.2) is 9.97 Å². The molecule has 0 spiro atoms. The molecule has 5 nitrogen and oxygen atoms in total. The lowest BCUT2D eigenvalue weighted by Gasteiger charge is -2.06. The number of hydrogen-bond acceptors (Lipinski definition) is 5. The van der Waals surface area contributed by atoms with Crippen LogP contribution in [0.25, 0.3) is 32.8 Å². The van der Waals surface area contributed by atoms with Crippen LogP contribution in [0.3, 0.4) is 0 Å². The number of aromatic amines is 1. The topological polar surface area (TPSA) is 65.6 Å². The van der Waals surface area contributed by atoms with Crippen LogP contribution in [0.15, 0.2) is 60.9 Å². The molecule has 0 aliphatic carbocycles. The van der Waals surface area contributed by atoms with E-state index in [4.69, 9.17) is 0 Å². The van der Waals surface area contributed by atoms with Crippen molar-refractivity contribution < 1.29 is 0 Å². The van der Waals surface area contributed by atoms with Gasteiger partial charge in [-0.3, -0.25) is 0 Å². The summed E-state index contributed by atoms with van der Waals surface area (Å²) in [4.78, 5) is 14.0. The number of rotatable bonds is 5. The molecule has 2 atom stereocenters. The zero-order valence-electron chi connectivity index (χ0n) is 18.0. The van der Waals surface area contributed by atoms with Gasteiger partial charge in [0.25, 0.3) is 0 Å². The maximum atomic E-state index is 4.66. The highest BCUT2D eigenvalue weighted by Crippen LogP contribution is 2.34. The van der Waals surface area contributed by atoms with Crippen LogP contribution in [0.1, 0.15) is 48.6 Å². The summed E-state index contributed by atoms with van der Waals surface area (Å²) in [6, 6.07) is 18.4. The Balaban J connectivity index is 1.17. The first-order valence-electron chi connectivity index (χ1n) is 11.5. The second-order valence-electron chi connectivity index (χ2n) is 8.70. The fourth-order valence-electron chi connectivity index (χ4n) is 4.73. The summed E-state index contributed by atoms with van der Waals surface area (Å²) in [7, 11) is 0. The van der Waals surface area contributed by atoms with Gasteiger partial charge >= 0.3 is 0 Å². The quantitative estimate of drug-likeness (QED) is 0.371. The number of benzene rings is 2. The van der Waals surface area contributed by atoms with Gasteiger partial charge < -0.3 is 15.6 Å². The monoisotopic (exact) mass is 441 g/mol. The van der Waals surface area contributed by atoms with Crippen molar-refractivity contribution in [3.05, 3.63) is 71.8 Å². The molecule has 32 heavy (non-hydrogen) atoms. The number of H-pyrrole nitrogens is 1. The van der Waals surface area contributed by atoms with Crippen molar-refractivity contribution in [2.75, 3.05) is 13.1 Å². The van der Waals surface area contributed by atoms with Crippen molar-refractivity contribution in [2.24, 2.45) is 0 Å². The minimum absolute atomic E-state index is 0.366. The van der Waals surface area contributed by atoms with E-state index in [1.807, 2.05) is 23.7 Å². The van der Waals surface area contributed by atoms with Crippen LogP contribution < -0.4 is 10.6 Å². The molecule has 2 aromatic heterocycles. The standard InChI is InChI=1S/C26H27N5S/c1-3-21(27-13-1)25-29-15-23(31-25)19-9-5-17(6-10-19)18-7-11-20(12-8-18)24-16-30-26(32-24)22-4-2-14-28-22/h5-12,15-16,21-22,27-28H,1-4,13-14H2,(H,29,31). The third kappa shape index (κ3) is 3.90. The van der Waals surface area contributed by atoms with E-state index in [2.05, 4.69) is 74.1 Å². The zero-order valence-corrected chi connectivity index (χ0v) is 18.8. The molecule has 4 aromatic rings. The summed E-state index contributed by atoms with van der Waals surface area (Å²) in [5.41, 5.74) is 5.92. The number of nitrogens with one attached hydrogen (secondary N) is 3. The van der Waals surface area contributed by atoms with Crippen LogP contribution in [0, 0.1) is 0 Å². The normalized spacial score (nSPS) is 20.8. The lowest BCUT2D eigenvalue weighted by molar-refractivity contribution is 0.613. The fraction of sp³-hybridized carbons (Fsp3) is 0.308. The molecule has 0 bridgehead atoms. The number of thiazole rings is 1. The lowest BCUT2D eigenvalue weighted by Crippen LogP contribution is -2.14. The maximum Gasteiger partial charge on any atom is 0.123 e. The van der Waals surface area contributed by atoms with Crippen molar-refractivity contribution in [3.8, 4) is 32.8 Å². The van der Waals surface area contributed by atoms with Crippen molar-refractivity contribution in [1.82, 2.24) is 25.6 Å². The highest BCUT2D eigenvalue weighted by atomic mass is 32.1. The van der Waals surface area contributed by atoms with Crippen LogP contribution in [0.5, 0.6) is 0 Å². The lowest BCUT2D eigenvalue weighted by atomic mass is 10.0. The molecule has 2 aromatic carbocycles. The van der Waals surface area contributed by atoms with E-state index >= 15 is 0 Å². The second kappa shape index (κ2) is 8.62. The Labute approximate surface area is 192 Å².